The zero-order chi connectivity index (χ0) is 16.5. The summed E-state index contributed by atoms with van der Waals surface area (Å²) in [5.41, 5.74) is 5.91. The fourth-order valence-electron chi connectivity index (χ4n) is 1.92. The Labute approximate surface area is 130 Å². The van der Waals surface area contributed by atoms with Crippen LogP contribution >= 0.6 is 0 Å². The lowest BCUT2D eigenvalue weighted by Gasteiger charge is -1.97. The van der Waals surface area contributed by atoms with Crippen LogP contribution in [0.15, 0.2) is 46.4 Å². The van der Waals surface area contributed by atoms with Gasteiger partial charge in [-0.05, 0) is 74.2 Å². The minimum atomic E-state index is 0.670. The average molecular weight is 294 g/mol. The third-order valence-electron chi connectivity index (χ3n) is 3.05. The summed E-state index contributed by atoms with van der Waals surface area (Å²) in [5, 5.41) is 0. The minimum Gasteiger partial charge on any atom is -0.211 e. The highest BCUT2D eigenvalue weighted by Gasteiger charge is 1.93. The molecule has 2 rings (SSSR count). The maximum atomic E-state index is 9.91. The van der Waals surface area contributed by atoms with Gasteiger partial charge in [0.15, 0.2) is 0 Å². The molecule has 4 heteroatoms. The number of benzene rings is 2. The van der Waals surface area contributed by atoms with Gasteiger partial charge in [-0.1, -0.05) is 12.1 Å². The molecule has 112 valence electrons. The van der Waals surface area contributed by atoms with E-state index in [1.807, 2.05) is 58.0 Å². The molecule has 0 fully saturated rings. The number of isocyanates is 2. The van der Waals surface area contributed by atoms with Crippen molar-refractivity contribution in [2.24, 2.45) is 9.98 Å². The number of hydrogen-bond acceptors (Lipinski definition) is 4. The molecule has 0 aromatic heterocycles. The number of carbonyl (C=O) groups excluding carboxylic acids is 2. The first kappa shape index (κ1) is 17.3. The van der Waals surface area contributed by atoms with Crippen LogP contribution in [0, 0.1) is 27.7 Å². The summed E-state index contributed by atoms with van der Waals surface area (Å²) in [4.78, 5) is 26.8. The van der Waals surface area contributed by atoms with Crippen LogP contribution in [0.3, 0.4) is 0 Å². The van der Waals surface area contributed by atoms with Crippen molar-refractivity contribution in [3.05, 3.63) is 58.7 Å². The van der Waals surface area contributed by atoms with Crippen molar-refractivity contribution in [2.75, 3.05) is 0 Å². The maximum Gasteiger partial charge on any atom is 0.240 e. The summed E-state index contributed by atoms with van der Waals surface area (Å²) in [5.74, 6) is 0. The van der Waals surface area contributed by atoms with Crippen LogP contribution < -0.4 is 0 Å². The molecule has 0 amide bonds. The number of aryl methyl sites for hydroxylation is 4. The van der Waals surface area contributed by atoms with Crippen LogP contribution in [0.5, 0.6) is 0 Å². The molecule has 0 heterocycles. The Balaban J connectivity index is 0.000000220. The largest absolute Gasteiger partial charge is 0.240 e. The molecular weight excluding hydrogens is 276 g/mol. The van der Waals surface area contributed by atoms with E-state index < -0.39 is 0 Å². The lowest BCUT2D eigenvalue weighted by Crippen LogP contribution is -1.77. The molecule has 2 aromatic rings. The predicted molar refractivity (Wildman–Crippen MR) is 87.4 cm³/mol. The van der Waals surface area contributed by atoms with Crippen molar-refractivity contribution in [3.63, 3.8) is 0 Å². The van der Waals surface area contributed by atoms with E-state index in [2.05, 4.69) is 9.98 Å². The van der Waals surface area contributed by atoms with Crippen LogP contribution in [-0.2, 0) is 9.59 Å². The van der Waals surface area contributed by atoms with E-state index in [1.54, 1.807) is 6.07 Å². The summed E-state index contributed by atoms with van der Waals surface area (Å²) in [7, 11) is 0. The van der Waals surface area contributed by atoms with Crippen molar-refractivity contribution in [2.45, 2.75) is 27.7 Å². The standard InChI is InChI=1S/2C9H9NO/c1-7-3-8(2)5-9(4-7)10-6-11;1-7-3-4-9(10-6-11)5-8(7)2/h2*3-5H,1-2H3. The van der Waals surface area contributed by atoms with Crippen molar-refractivity contribution < 1.29 is 9.59 Å². The Morgan fingerprint density at radius 2 is 1.23 bits per heavy atom. The first-order valence-corrected chi connectivity index (χ1v) is 6.77. The van der Waals surface area contributed by atoms with Gasteiger partial charge in [-0.2, -0.15) is 9.98 Å². The van der Waals surface area contributed by atoms with Gasteiger partial charge in [0, 0.05) is 0 Å². The molecule has 0 N–H and O–H groups in total. The first-order valence-electron chi connectivity index (χ1n) is 6.77. The molecule has 22 heavy (non-hydrogen) atoms. The van der Waals surface area contributed by atoms with Crippen LogP contribution in [-0.4, -0.2) is 12.2 Å². The zero-order valence-electron chi connectivity index (χ0n) is 13.2. The summed E-state index contributed by atoms with van der Waals surface area (Å²) in [6.07, 6.45) is 3.02. The van der Waals surface area contributed by atoms with Gasteiger partial charge in [0.1, 0.15) is 0 Å². The van der Waals surface area contributed by atoms with Gasteiger partial charge in [-0.3, -0.25) is 0 Å². The molecule has 0 bridgehead atoms. The Kier molecular flexibility index (Phi) is 6.65. The molecule has 0 atom stereocenters. The number of hydrogen-bond donors (Lipinski definition) is 0. The lowest BCUT2D eigenvalue weighted by molar-refractivity contribution is 0.564. The van der Waals surface area contributed by atoms with E-state index in [9.17, 15) is 9.59 Å². The molecular formula is C18H18N2O2. The highest BCUT2D eigenvalue weighted by molar-refractivity contribution is 5.51. The fourth-order valence-corrected chi connectivity index (χ4v) is 1.92. The Morgan fingerprint density at radius 3 is 1.73 bits per heavy atom. The van der Waals surface area contributed by atoms with E-state index in [0.717, 1.165) is 16.7 Å². The average Bonchev–Trinajstić information content (AvgIpc) is 2.43. The predicted octanol–water partition coefficient (Wildman–Crippen LogP) is 4.54. The lowest BCUT2D eigenvalue weighted by atomic mass is 10.1. The van der Waals surface area contributed by atoms with Gasteiger partial charge >= 0.3 is 0 Å². The van der Waals surface area contributed by atoms with Crippen LogP contribution in [0.25, 0.3) is 0 Å². The quantitative estimate of drug-likeness (QED) is 0.603. The van der Waals surface area contributed by atoms with E-state index >= 15 is 0 Å². The molecule has 0 saturated carbocycles. The third-order valence-corrected chi connectivity index (χ3v) is 3.05. The normalized spacial score (nSPS) is 8.91. The van der Waals surface area contributed by atoms with Crippen molar-refractivity contribution in [1.29, 1.82) is 0 Å². The second-order valence-corrected chi connectivity index (χ2v) is 5.02. The van der Waals surface area contributed by atoms with Crippen molar-refractivity contribution in [3.8, 4) is 0 Å². The van der Waals surface area contributed by atoms with Gasteiger partial charge in [-0.25, -0.2) is 9.59 Å². The van der Waals surface area contributed by atoms with E-state index in [4.69, 9.17) is 0 Å². The molecule has 0 spiro atoms. The third kappa shape index (κ3) is 5.68. The molecule has 0 aliphatic rings. The number of aliphatic imine (C=N–C) groups is 2. The smallest absolute Gasteiger partial charge is 0.211 e. The fraction of sp³-hybridized carbons (Fsp3) is 0.222. The Bertz CT molecular complexity index is 733. The van der Waals surface area contributed by atoms with Gasteiger partial charge in [0.2, 0.25) is 12.2 Å². The summed E-state index contributed by atoms with van der Waals surface area (Å²) in [6, 6.07) is 11.3. The second kappa shape index (κ2) is 8.48. The van der Waals surface area contributed by atoms with E-state index in [0.29, 0.717) is 11.4 Å². The Hall–Kier alpha value is -2.80. The minimum absolute atomic E-state index is 0.670. The highest BCUT2D eigenvalue weighted by Crippen LogP contribution is 2.16. The van der Waals surface area contributed by atoms with Gasteiger partial charge in [0.25, 0.3) is 0 Å². The van der Waals surface area contributed by atoms with Gasteiger partial charge < -0.3 is 0 Å². The monoisotopic (exact) mass is 294 g/mol. The summed E-state index contributed by atoms with van der Waals surface area (Å²) < 4.78 is 0. The summed E-state index contributed by atoms with van der Waals surface area (Å²) in [6.45, 7) is 7.94. The maximum absolute atomic E-state index is 9.91. The van der Waals surface area contributed by atoms with Crippen LogP contribution in [0.2, 0.25) is 0 Å². The molecule has 4 nitrogen and oxygen atoms in total. The topological polar surface area (TPSA) is 58.9 Å². The second-order valence-electron chi connectivity index (χ2n) is 5.02. The van der Waals surface area contributed by atoms with Crippen molar-refractivity contribution >= 4 is 23.5 Å². The number of nitrogens with zero attached hydrogens (tertiary/aromatic N) is 2. The van der Waals surface area contributed by atoms with E-state index in [1.165, 1.54) is 17.7 Å². The molecule has 0 aliphatic carbocycles. The molecule has 0 aliphatic heterocycles. The van der Waals surface area contributed by atoms with E-state index in [-0.39, 0.29) is 0 Å². The van der Waals surface area contributed by atoms with Gasteiger partial charge in [-0.15, -0.1) is 0 Å². The Morgan fingerprint density at radius 1 is 0.682 bits per heavy atom. The number of rotatable bonds is 2. The van der Waals surface area contributed by atoms with Crippen LogP contribution in [0.1, 0.15) is 22.3 Å². The van der Waals surface area contributed by atoms with Crippen molar-refractivity contribution in [1.82, 2.24) is 0 Å². The molecule has 0 saturated heterocycles. The molecule has 2 aromatic carbocycles. The molecule has 0 radical (unpaired) electrons. The molecule has 0 unspecified atom stereocenters. The van der Waals surface area contributed by atoms with Crippen LogP contribution in [0.4, 0.5) is 11.4 Å². The highest BCUT2D eigenvalue weighted by atomic mass is 16.1. The van der Waals surface area contributed by atoms with Gasteiger partial charge in [0.05, 0.1) is 11.4 Å². The zero-order valence-corrected chi connectivity index (χ0v) is 13.2. The first-order chi connectivity index (χ1) is 10.5. The SMILES string of the molecule is Cc1cc(C)cc(N=C=O)c1.Cc1ccc(N=C=O)cc1C. The summed E-state index contributed by atoms with van der Waals surface area (Å²) >= 11 is 0.